The molecule has 3 aromatic carbocycles. The molecule has 1 N–H and O–H groups in total. The summed E-state index contributed by atoms with van der Waals surface area (Å²) < 4.78 is 2.31. The fourth-order valence-corrected chi connectivity index (χ4v) is 6.20. The predicted molar refractivity (Wildman–Crippen MR) is 150 cm³/mol. The zero-order chi connectivity index (χ0) is 24.2. The first-order valence-corrected chi connectivity index (χ1v) is 12.8. The normalized spacial score (nSPS) is 19.8. The van der Waals surface area contributed by atoms with Gasteiger partial charge in [0, 0.05) is 44.4 Å². The minimum Gasteiger partial charge on any atom is -0.354 e. The standard InChI is InChI=1S/C32H29ClN2/c1-32(2)25-14-4-5-16-28(25)35(3)29(32)20-18-23-12-6-11-22(31(23)33)17-19-26-24-13-7-9-21-10-8-15-27(34-26)30(21)24/h4-5,7-10,13-20H,6,11-12H2,1-3H3/p+1. The highest BCUT2D eigenvalue weighted by molar-refractivity contribution is 6.32. The summed E-state index contributed by atoms with van der Waals surface area (Å²) in [5.74, 6) is 0. The molecule has 0 radical (unpaired) electrons. The molecule has 0 atom stereocenters. The third kappa shape index (κ3) is 3.59. The van der Waals surface area contributed by atoms with E-state index in [9.17, 15) is 0 Å². The van der Waals surface area contributed by atoms with Gasteiger partial charge >= 0.3 is 0 Å². The number of H-pyrrole nitrogens is 1. The van der Waals surface area contributed by atoms with E-state index < -0.39 is 0 Å². The fraction of sp³-hybridized carbons (Fsp3) is 0.219. The number of aromatic amines is 1. The number of aromatic nitrogens is 1. The third-order valence-corrected chi connectivity index (χ3v) is 8.24. The first-order valence-electron chi connectivity index (χ1n) is 12.4. The van der Waals surface area contributed by atoms with E-state index in [1.54, 1.807) is 0 Å². The molecule has 0 saturated heterocycles. The number of para-hydroxylation sites is 1. The van der Waals surface area contributed by atoms with Gasteiger partial charge in [0.2, 0.25) is 5.69 Å². The van der Waals surface area contributed by atoms with Gasteiger partial charge in [-0.1, -0.05) is 72.3 Å². The van der Waals surface area contributed by atoms with Crippen LogP contribution in [0.3, 0.4) is 0 Å². The van der Waals surface area contributed by atoms with Gasteiger partial charge in [0.25, 0.3) is 0 Å². The topological polar surface area (TPSA) is 18.8 Å². The van der Waals surface area contributed by atoms with Crippen LogP contribution in [0.25, 0.3) is 27.8 Å². The highest BCUT2D eigenvalue weighted by atomic mass is 35.5. The Morgan fingerprint density at radius 2 is 1.71 bits per heavy atom. The largest absolute Gasteiger partial charge is 0.354 e. The lowest BCUT2D eigenvalue weighted by molar-refractivity contribution is -0.401. The summed E-state index contributed by atoms with van der Waals surface area (Å²) in [7, 11) is 2.16. The Balaban J connectivity index is 1.36. The Morgan fingerprint density at radius 1 is 0.914 bits per heavy atom. The van der Waals surface area contributed by atoms with Gasteiger partial charge < -0.3 is 4.98 Å². The van der Waals surface area contributed by atoms with Crippen LogP contribution in [0.5, 0.6) is 0 Å². The Kier molecular flexibility index (Phi) is 5.30. The molecule has 0 saturated carbocycles. The van der Waals surface area contributed by atoms with Crippen LogP contribution in [-0.2, 0) is 5.41 Å². The molecule has 3 heteroatoms. The van der Waals surface area contributed by atoms with Crippen LogP contribution in [0.4, 0.5) is 5.69 Å². The smallest absolute Gasteiger partial charge is 0.209 e. The van der Waals surface area contributed by atoms with Crippen LogP contribution in [0, 0.1) is 0 Å². The van der Waals surface area contributed by atoms with Gasteiger partial charge in [0.1, 0.15) is 7.05 Å². The molecule has 2 nitrogen and oxygen atoms in total. The second-order valence-corrected chi connectivity index (χ2v) is 10.6. The third-order valence-electron chi connectivity index (χ3n) is 7.75. The molecule has 174 valence electrons. The summed E-state index contributed by atoms with van der Waals surface area (Å²) in [4.78, 5) is 3.59. The number of hydrogen-bond donors (Lipinski definition) is 1. The van der Waals surface area contributed by atoms with Crippen molar-refractivity contribution in [1.82, 2.24) is 4.98 Å². The lowest BCUT2D eigenvalue weighted by atomic mass is 9.81. The number of nitrogens with zero attached hydrogens (tertiary/aromatic N) is 1. The van der Waals surface area contributed by atoms with Crippen LogP contribution in [0.1, 0.15) is 38.7 Å². The molecule has 35 heavy (non-hydrogen) atoms. The molecule has 1 aliphatic heterocycles. The Bertz CT molecular complexity index is 1650. The second-order valence-electron chi connectivity index (χ2n) is 10.2. The number of nitrogens with one attached hydrogen (secondary N) is 1. The minimum atomic E-state index is -0.0310. The van der Waals surface area contributed by atoms with Crippen LogP contribution in [0.2, 0.25) is 0 Å². The van der Waals surface area contributed by atoms with Crippen molar-refractivity contribution in [3.8, 4) is 0 Å². The van der Waals surface area contributed by atoms with Crippen molar-refractivity contribution in [2.75, 3.05) is 7.05 Å². The molecular weight excluding hydrogens is 448 g/mol. The first kappa shape index (κ1) is 22.1. The molecule has 0 spiro atoms. The van der Waals surface area contributed by atoms with Crippen molar-refractivity contribution in [2.45, 2.75) is 38.5 Å². The van der Waals surface area contributed by atoms with Crippen LogP contribution < -0.4 is 5.35 Å². The number of benzene rings is 3. The quantitative estimate of drug-likeness (QED) is 0.292. The molecule has 4 aromatic rings. The van der Waals surface area contributed by atoms with E-state index in [0.717, 1.165) is 29.6 Å². The maximum Gasteiger partial charge on any atom is 0.209 e. The van der Waals surface area contributed by atoms with Crippen LogP contribution >= 0.6 is 11.6 Å². The lowest BCUT2D eigenvalue weighted by Gasteiger charge is -2.18. The van der Waals surface area contributed by atoms with Gasteiger partial charge in [0.05, 0.1) is 5.41 Å². The van der Waals surface area contributed by atoms with Crippen molar-refractivity contribution >= 4 is 50.8 Å². The molecule has 1 aromatic heterocycles. The van der Waals surface area contributed by atoms with E-state index in [1.807, 2.05) is 0 Å². The summed E-state index contributed by atoms with van der Waals surface area (Å²) in [6.07, 6.45) is 12.0. The monoisotopic (exact) mass is 477 g/mol. The molecule has 0 amide bonds. The van der Waals surface area contributed by atoms with Crippen molar-refractivity contribution in [3.63, 3.8) is 0 Å². The van der Waals surface area contributed by atoms with Gasteiger partial charge in [-0.25, -0.2) is 0 Å². The second kappa shape index (κ2) is 8.39. The SMILES string of the molecule is C[N+]1=C(/C=C/C2=C(Cl)C(=C/C=c3/[nH]c4cccc5cccc3c54)/CCC2)C(C)(C)c2ccccc21. The van der Waals surface area contributed by atoms with E-state index in [2.05, 4.69) is 115 Å². The molecule has 6 rings (SSSR count). The van der Waals surface area contributed by atoms with Crippen LogP contribution in [-0.4, -0.2) is 22.3 Å². The summed E-state index contributed by atoms with van der Waals surface area (Å²) in [6, 6.07) is 21.6. The molecule has 0 unspecified atom stereocenters. The molecule has 0 fully saturated rings. The van der Waals surface area contributed by atoms with Gasteiger partial charge in [-0.2, -0.15) is 4.58 Å². The molecule has 2 aliphatic rings. The van der Waals surface area contributed by atoms with E-state index in [-0.39, 0.29) is 5.41 Å². The van der Waals surface area contributed by atoms with Crippen LogP contribution in [0.15, 0.2) is 95.1 Å². The maximum absolute atomic E-state index is 6.97. The maximum atomic E-state index is 6.97. The average Bonchev–Trinajstić information content (AvgIpc) is 3.32. The Hall–Kier alpha value is -3.36. The zero-order valence-electron chi connectivity index (χ0n) is 20.5. The zero-order valence-corrected chi connectivity index (χ0v) is 21.3. The van der Waals surface area contributed by atoms with E-state index in [1.165, 1.54) is 49.8 Å². The van der Waals surface area contributed by atoms with Crippen molar-refractivity contribution in [2.24, 2.45) is 0 Å². The number of hydrogen-bond acceptors (Lipinski definition) is 0. The number of allylic oxidation sites excluding steroid dienone is 6. The Labute approximate surface area is 211 Å². The summed E-state index contributed by atoms with van der Waals surface area (Å²) in [5.41, 5.74) is 7.54. The minimum absolute atomic E-state index is 0.0310. The molecular formula is C32H30ClN2+. The van der Waals surface area contributed by atoms with Crippen molar-refractivity contribution < 1.29 is 4.58 Å². The van der Waals surface area contributed by atoms with E-state index >= 15 is 0 Å². The number of rotatable bonds is 3. The average molecular weight is 478 g/mol. The summed E-state index contributed by atoms with van der Waals surface area (Å²) in [5, 5.41) is 5.86. The van der Waals surface area contributed by atoms with E-state index in [0.29, 0.717) is 0 Å². The Morgan fingerprint density at radius 3 is 2.54 bits per heavy atom. The summed E-state index contributed by atoms with van der Waals surface area (Å²) >= 11 is 6.97. The van der Waals surface area contributed by atoms with E-state index in [4.69, 9.17) is 11.6 Å². The molecule has 0 bridgehead atoms. The molecule has 1 aliphatic carbocycles. The first-order chi connectivity index (χ1) is 16.9. The van der Waals surface area contributed by atoms with Crippen molar-refractivity contribution in [1.29, 1.82) is 0 Å². The van der Waals surface area contributed by atoms with Gasteiger partial charge in [-0.3, -0.25) is 0 Å². The number of halogens is 1. The lowest BCUT2D eigenvalue weighted by Crippen LogP contribution is -2.26. The predicted octanol–water partition coefficient (Wildman–Crippen LogP) is 7.69. The van der Waals surface area contributed by atoms with Gasteiger partial charge in [-0.05, 0) is 61.8 Å². The highest BCUT2D eigenvalue weighted by Gasteiger charge is 2.42. The summed E-state index contributed by atoms with van der Waals surface area (Å²) in [6.45, 7) is 4.60. The molecule has 2 heterocycles. The number of fused-ring (bicyclic) bond motifs is 1. The van der Waals surface area contributed by atoms with Crippen molar-refractivity contribution in [3.05, 3.63) is 106 Å². The highest BCUT2D eigenvalue weighted by Crippen LogP contribution is 2.40. The van der Waals surface area contributed by atoms with Gasteiger partial charge in [-0.15, -0.1) is 0 Å². The van der Waals surface area contributed by atoms with Gasteiger partial charge in [0.15, 0.2) is 5.71 Å². The fourth-order valence-electron chi connectivity index (χ4n) is 5.89.